The first-order valence-corrected chi connectivity index (χ1v) is 12.9. The predicted molar refractivity (Wildman–Crippen MR) is 153 cm³/mol. The fourth-order valence-electron chi connectivity index (χ4n) is 5.90. The number of aromatic nitrogens is 2. The zero-order valence-corrected chi connectivity index (χ0v) is 20.5. The summed E-state index contributed by atoms with van der Waals surface area (Å²) in [5.74, 6) is 0.686. The number of fused-ring (bicyclic) bond motifs is 7. The van der Waals surface area contributed by atoms with Crippen molar-refractivity contribution in [2.45, 2.75) is 5.92 Å². The zero-order chi connectivity index (χ0) is 25.1. The summed E-state index contributed by atoms with van der Waals surface area (Å²) in [6, 6.07) is 44.1. The zero-order valence-electron chi connectivity index (χ0n) is 20.5. The fourth-order valence-corrected chi connectivity index (χ4v) is 5.90. The first-order chi connectivity index (χ1) is 18.8. The van der Waals surface area contributed by atoms with Crippen LogP contribution >= 0.6 is 0 Å². The summed E-state index contributed by atoms with van der Waals surface area (Å²) in [6.07, 6.45) is 0. The van der Waals surface area contributed by atoms with E-state index in [1.165, 1.54) is 22.3 Å². The Morgan fingerprint density at radius 1 is 0.526 bits per heavy atom. The van der Waals surface area contributed by atoms with Crippen LogP contribution in [0.3, 0.4) is 0 Å². The van der Waals surface area contributed by atoms with Gasteiger partial charge in [-0.3, -0.25) is 0 Å². The minimum Gasteiger partial charge on any atom is -0.456 e. The van der Waals surface area contributed by atoms with E-state index in [-0.39, 0.29) is 5.92 Å². The number of benzene rings is 5. The fraction of sp³-hybridized carbons (Fsp3) is 0.0286. The second-order valence-electron chi connectivity index (χ2n) is 9.75. The topological polar surface area (TPSA) is 38.9 Å². The van der Waals surface area contributed by atoms with Crippen LogP contribution in [-0.4, -0.2) is 9.97 Å². The summed E-state index contributed by atoms with van der Waals surface area (Å²) in [5, 5.41) is 2.27. The third-order valence-corrected chi connectivity index (χ3v) is 7.57. The maximum absolute atomic E-state index is 6.31. The molecule has 0 bridgehead atoms. The van der Waals surface area contributed by atoms with Crippen molar-refractivity contribution < 1.29 is 4.42 Å². The van der Waals surface area contributed by atoms with Crippen LogP contribution in [0.2, 0.25) is 0 Å². The molecule has 3 nitrogen and oxygen atoms in total. The van der Waals surface area contributed by atoms with E-state index in [9.17, 15) is 0 Å². The number of hydrogen-bond donors (Lipinski definition) is 0. The van der Waals surface area contributed by atoms with E-state index in [1.807, 2.05) is 24.3 Å². The first-order valence-electron chi connectivity index (χ1n) is 12.9. The number of hydrogen-bond acceptors (Lipinski definition) is 3. The molecule has 2 aromatic heterocycles. The first kappa shape index (κ1) is 21.1. The Morgan fingerprint density at radius 2 is 1.16 bits per heavy atom. The van der Waals surface area contributed by atoms with E-state index in [0.29, 0.717) is 0 Å². The lowest BCUT2D eigenvalue weighted by atomic mass is 9.91. The number of rotatable bonds is 3. The van der Waals surface area contributed by atoms with Gasteiger partial charge in [0.05, 0.1) is 17.3 Å². The van der Waals surface area contributed by atoms with Crippen LogP contribution in [0.25, 0.3) is 55.6 Å². The van der Waals surface area contributed by atoms with Gasteiger partial charge in [0.15, 0.2) is 0 Å². The minimum absolute atomic E-state index is 0.114. The van der Waals surface area contributed by atoms with Crippen molar-refractivity contribution in [1.82, 2.24) is 9.97 Å². The normalized spacial score (nSPS) is 14.1. The Balaban J connectivity index is 1.46. The van der Waals surface area contributed by atoms with Gasteiger partial charge in [-0.15, -0.1) is 0 Å². The van der Waals surface area contributed by atoms with E-state index in [4.69, 9.17) is 14.4 Å². The Bertz CT molecular complexity index is 1920. The average Bonchev–Trinajstić information content (AvgIpc) is 3.53. The maximum atomic E-state index is 6.31. The Labute approximate surface area is 220 Å². The van der Waals surface area contributed by atoms with Crippen molar-refractivity contribution in [3.63, 3.8) is 0 Å². The molecule has 1 aliphatic carbocycles. The number of nitrogens with zero attached hydrogens (tertiary/aromatic N) is 2. The SMILES string of the molecule is c1ccc(-c2cc(-c3ccccc3)nc(C3c4ccccc4-c4ccc5oc6ccccc6c5c43)n2)cc1. The van der Waals surface area contributed by atoms with Gasteiger partial charge in [-0.2, -0.15) is 0 Å². The number of para-hydroxylation sites is 1. The van der Waals surface area contributed by atoms with Gasteiger partial charge in [-0.05, 0) is 40.5 Å². The molecule has 8 rings (SSSR count). The van der Waals surface area contributed by atoms with Crippen molar-refractivity contribution >= 4 is 21.9 Å². The highest BCUT2D eigenvalue weighted by Crippen LogP contribution is 2.52. The molecule has 3 heteroatoms. The molecule has 5 aromatic carbocycles. The molecule has 7 aromatic rings. The van der Waals surface area contributed by atoms with Crippen molar-refractivity contribution in [3.05, 3.63) is 144 Å². The molecule has 38 heavy (non-hydrogen) atoms. The molecule has 1 aliphatic rings. The number of furan rings is 1. The highest BCUT2D eigenvalue weighted by atomic mass is 16.3. The summed E-state index contributed by atoms with van der Waals surface area (Å²) < 4.78 is 6.31. The molecule has 0 amide bonds. The molecular weight excluding hydrogens is 464 g/mol. The monoisotopic (exact) mass is 486 g/mol. The quantitative estimate of drug-likeness (QED) is 0.250. The van der Waals surface area contributed by atoms with Gasteiger partial charge in [0, 0.05) is 21.9 Å². The molecule has 0 N–H and O–H groups in total. The third-order valence-electron chi connectivity index (χ3n) is 7.57. The van der Waals surface area contributed by atoms with Crippen LogP contribution in [-0.2, 0) is 0 Å². The molecule has 0 radical (unpaired) electrons. The summed E-state index contributed by atoms with van der Waals surface area (Å²) in [7, 11) is 0. The molecule has 0 aliphatic heterocycles. The van der Waals surface area contributed by atoms with E-state index < -0.39 is 0 Å². The highest BCUT2D eigenvalue weighted by molar-refractivity contribution is 6.10. The largest absolute Gasteiger partial charge is 0.456 e. The summed E-state index contributed by atoms with van der Waals surface area (Å²) >= 11 is 0. The third kappa shape index (κ3) is 3.15. The molecule has 0 saturated carbocycles. The van der Waals surface area contributed by atoms with Crippen LogP contribution in [0, 0.1) is 0 Å². The van der Waals surface area contributed by atoms with E-state index in [2.05, 4.69) is 103 Å². The summed E-state index contributed by atoms with van der Waals surface area (Å²) in [6.45, 7) is 0. The molecule has 0 fully saturated rings. The summed E-state index contributed by atoms with van der Waals surface area (Å²) in [5.41, 5.74) is 10.7. The van der Waals surface area contributed by atoms with Gasteiger partial charge < -0.3 is 4.42 Å². The van der Waals surface area contributed by atoms with Crippen LogP contribution < -0.4 is 0 Å². The van der Waals surface area contributed by atoms with Gasteiger partial charge >= 0.3 is 0 Å². The summed E-state index contributed by atoms with van der Waals surface area (Å²) in [4.78, 5) is 10.5. The predicted octanol–water partition coefficient (Wildman–Crippen LogP) is 8.87. The van der Waals surface area contributed by atoms with Crippen LogP contribution in [0.1, 0.15) is 22.9 Å². The Morgan fingerprint density at radius 3 is 1.89 bits per heavy atom. The van der Waals surface area contributed by atoms with E-state index >= 15 is 0 Å². The van der Waals surface area contributed by atoms with Gasteiger partial charge in [0.1, 0.15) is 17.0 Å². The molecular formula is C35H22N2O. The van der Waals surface area contributed by atoms with Crippen molar-refractivity contribution in [2.24, 2.45) is 0 Å². The van der Waals surface area contributed by atoms with Crippen molar-refractivity contribution in [1.29, 1.82) is 0 Å². The van der Waals surface area contributed by atoms with Crippen LogP contribution in [0.15, 0.2) is 132 Å². The maximum Gasteiger partial charge on any atom is 0.141 e. The van der Waals surface area contributed by atoms with Gasteiger partial charge in [0.2, 0.25) is 0 Å². The smallest absolute Gasteiger partial charge is 0.141 e. The van der Waals surface area contributed by atoms with E-state index in [1.54, 1.807) is 0 Å². The second-order valence-corrected chi connectivity index (χ2v) is 9.75. The highest BCUT2D eigenvalue weighted by Gasteiger charge is 2.35. The van der Waals surface area contributed by atoms with Gasteiger partial charge in [-0.25, -0.2) is 9.97 Å². The van der Waals surface area contributed by atoms with E-state index in [0.717, 1.165) is 50.3 Å². The molecule has 1 atom stereocenters. The molecule has 0 saturated heterocycles. The molecule has 1 unspecified atom stereocenters. The lowest BCUT2D eigenvalue weighted by Gasteiger charge is -2.16. The molecule has 178 valence electrons. The minimum atomic E-state index is -0.114. The van der Waals surface area contributed by atoms with Crippen LogP contribution in [0.4, 0.5) is 0 Å². The Hall–Kier alpha value is -5.02. The lowest BCUT2D eigenvalue weighted by molar-refractivity contribution is 0.668. The van der Waals surface area contributed by atoms with Crippen molar-refractivity contribution in [2.75, 3.05) is 0 Å². The molecule has 0 spiro atoms. The van der Waals surface area contributed by atoms with Gasteiger partial charge in [0.25, 0.3) is 0 Å². The standard InChI is InChI=1S/C35H22N2O/c1-3-11-22(12-4-1)28-21-29(23-13-5-2-6-14-23)37-35(36-28)34-25-16-8-7-15-24(25)26-19-20-31-32(33(26)34)27-17-9-10-18-30(27)38-31/h1-21,34H. The average molecular weight is 487 g/mol. The second kappa shape index (κ2) is 8.25. The Kier molecular flexibility index (Phi) is 4.58. The lowest BCUT2D eigenvalue weighted by Crippen LogP contribution is -2.07. The van der Waals surface area contributed by atoms with Gasteiger partial charge in [-0.1, -0.05) is 109 Å². The van der Waals surface area contributed by atoms with Crippen molar-refractivity contribution in [3.8, 4) is 33.6 Å². The van der Waals surface area contributed by atoms with Crippen LogP contribution in [0.5, 0.6) is 0 Å². The molecule has 2 heterocycles.